The molecular weight excluding hydrogens is 596 g/mol. The number of hydrogen-bond donors (Lipinski definition) is 1. The SMILES string of the molecule is O=S(=O)(O)CC(COC(F)(F)C(F)OI)OC(F)(F)C(F)OI. The Morgan fingerprint density at radius 2 is 1.43 bits per heavy atom. The molecule has 7 nitrogen and oxygen atoms in total. The summed E-state index contributed by atoms with van der Waals surface area (Å²) in [5, 5.41) is 0. The Balaban J connectivity index is 5.04. The molecule has 0 rings (SSSR count). The molecule has 1 N–H and O–H groups in total. The van der Waals surface area contributed by atoms with Crippen LogP contribution in [0.25, 0.3) is 0 Å². The minimum Gasteiger partial charge on any atom is -0.313 e. The molecule has 0 amide bonds. The Bertz CT molecular complexity index is 466. The fraction of sp³-hybridized carbons (Fsp3) is 1.00. The molecule has 0 bridgehead atoms. The quantitative estimate of drug-likeness (QED) is 0.221. The molecule has 3 unspecified atom stereocenters. The predicted molar refractivity (Wildman–Crippen MR) is 77.1 cm³/mol. The lowest BCUT2D eigenvalue weighted by atomic mass is 10.4. The molecule has 0 aromatic heterocycles. The first-order valence-corrected chi connectivity index (χ1v) is 8.47. The van der Waals surface area contributed by atoms with Crippen molar-refractivity contribution in [2.45, 2.75) is 31.0 Å². The van der Waals surface area contributed by atoms with Gasteiger partial charge in [0.05, 0.1) is 6.61 Å². The monoisotopic (exact) mass is 604 g/mol. The van der Waals surface area contributed by atoms with Gasteiger partial charge in [-0.2, -0.15) is 26.0 Å². The molecule has 0 aliphatic heterocycles. The standard InChI is InChI=1S/C7H8F6I2O7S/c8-4(21-14)6(10,11)19-1-3(2-23(16,17)18)20-7(12,13)5(9)22-15/h3-5H,1-2H2,(H,16,17,18). The fourth-order valence-electron chi connectivity index (χ4n) is 1.00. The van der Waals surface area contributed by atoms with E-state index in [4.69, 9.17) is 4.55 Å². The van der Waals surface area contributed by atoms with Gasteiger partial charge >= 0.3 is 12.2 Å². The second kappa shape index (κ2) is 9.48. The van der Waals surface area contributed by atoms with Gasteiger partial charge in [0, 0.05) is 0 Å². The maximum absolute atomic E-state index is 13.1. The van der Waals surface area contributed by atoms with E-state index in [9.17, 15) is 34.8 Å². The summed E-state index contributed by atoms with van der Waals surface area (Å²) < 4.78 is 122. The summed E-state index contributed by atoms with van der Waals surface area (Å²) in [5.74, 6) is -1.66. The van der Waals surface area contributed by atoms with Gasteiger partial charge in [-0.15, -0.1) is 0 Å². The molecule has 0 aliphatic carbocycles. The summed E-state index contributed by atoms with van der Waals surface area (Å²) >= 11 is 1.51. The fourth-order valence-corrected chi connectivity index (χ4v) is 2.23. The molecule has 0 saturated heterocycles. The van der Waals surface area contributed by atoms with Gasteiger partial charge < -0.3 is 9.47 Å². The average molecular weight is 604 g/mol. The van der Waals surface area contributed by atoms with Crippen LogP contribution in [0.3, 0.4) is 0 Å². The van der Waals surface area contributed by atoms with Gasteiger partial charge in [0.2, 0.25) is 0 Å². The van der Waals surface area contributed by atoms with E-state index in [0.29, 0.717) is 0 Å². The Hall–Kier alpha value is 0.790. The van der Waals surface area contributed by atoms with E-state index >= 15 is 0 Å². The van der Waals surface area contributed by atoms with Crippen molar-refractivity contribution in [2.24, 2.45) is 0 Å². The molecule has 3 atom stereocenters. The van der Waals surface area contributed by atoms with Crippen LogP contribution in [-0.2, 0) is 25.7 Å². The van der Waals surface area contributed by atoms with Crippen LogP contribution in [0.5, 0.6) is 0 Å². The first kappa shape index (κ1) is 23.8. The highest BCUT2D eigenvalue weighted by Crippen LogP contribution is 2.30. The zero-order chi connectivity index (χ0) is 18.5. The second-order valence-corrected chi connectivity index (χ2v) is 6.25. The number of hydrogen-bond acceptors (Lipinski definition) is 6. The van der Waals surface area contributed by atoms with Gasteiger partial charge in [-0.25, -0.2) is 8.78 Å². The summed E-state index contributed by atoms with van der Waals surface area (Å²) in [6.07, 6.45) is -18.6. The molecule has 16 heteroatoms. The van der Waals surface area contributed by atoms with Crippen molar-refractivity contribution in [3.05, 3.63) is 0 Å². The van der Waals surface area contributed by atoms with E-state index in [1.165, 1.54) is 0 Å². The Labute approximate surface area is 154 Å². The minimum atomic E-state index is -5.00. The van der Waals surface area contributed by atoms with E-state index in [0.717, 1.165) is 46.0 Å². The van der Waals surface area contributed by atoms with E-state index in [2.05, 4.69) is 15.6 Å². The Morgan fingerprint density at radius 1 is 1.00 bits per heavy atom. The smallest absolute Gasteiger partial charge is 0.313 e. The summed E-state index contributed by atoms with van der Waals surface area (Å²) in [5.41, 5.74) is 0. The molecule has 0 heterocycles. The van der Waals surface area contributed by atoms with E-state index in [1.807, 2.05) is 0 Å². The van der Waals surface area contributed by atoms with Crippen molar-refractivity contribution in [2.75, 3.05) is 12.4 Å². The average Bonchev–Trinajstić information content (AvgIpc) is 2.40. The van der Waals surface area contributed by atoms with Crippen LogP contribution >= 0.6 is 46.0 Å². The zero-order valence-electron chi connectivity index (χ0n) is 10.5. The minimum absolute atomic E-state index is 0.741. The Morgan fingerprint density at radius 3 is 1.83 bits per heavy atom. The van der Waals surface area contributed by atoms with Gasteiger partial charge in [-0.05, 0) is 0 Å². The molecule has 0 spiro atoms. The lowest BCUT2D eigenvalue weighted by Crippen LogP contribution is -2.44. The molecule has 0 aromatic rings. The third kappa shape index (κ3) is 9.16. The van der Waals surface area contributed by atoms with Crippen molar-refractivity contribution < 1.29 is 54.9 Å². The van der Waals surface area contributed by atoms with Gasteiger partial charge in [-0.1, -0.05) is 0 Å². The van der Waals surface area contributed by atoms with Gasteiger partial charge in [-0.3, -0.25) is 10.7 Å². The first-order valence-electron chi connectivity index (χ1n) is 5.10. The van der Waals surface area contributed by atoms with Crippen molar-refractivity contribution in [1.29, 1.82) is 0 Å². The maximum atomic E-state index is 13.1. The maximum Gasteiger partial charge on any atom is 0.412 e. The van der Waals surface area contributed by atoms with Crippen LogP contribution in [0.15, 0.2) is 0 Å². The third-order valence-electron chi connectivity index (χ3n) is 1.87. The normalized spacial score (nSPS) is 17.8. The zero-order valence-corrected chi connectivity index (χ0v) is 15.6. The highest BCUT2D eigenvalue weighted by Gasteiger charge is 2.48. The molecule has 0 fully saturated rings. The highest BCUT2D eigenvalue weighted by molar-refractivity contribution is 14.1. The van der Waals surface area contributed by atoms with Crippen LogP contribution in [-0.4, -0.2) is 56.4 Å². The lowest BCUT2D eigenvalue weighted by Gasteiger charge is -2.26. The predicted octanol–water partition coefficient (Wildman–Crippen LogP) is 2.79. The molecule has 0 aromatic carbocycles. The van der Waals surface area contributed by atoms with Crippen LogP contribution in [0.2, 0.25) is 0 Å². The summed E-state index contributed by atoms with van der Waals surface area (Å²) in [6.45, 7) is -1.64. The largest absolute Gasteiger partial charge is 0.412 e. The topological polar surface area (TPSA) is 91.3 Å². The third-order valence-corrected chi connectivity index (χ3v) is 3.55. The molecule has 140 valence electrons. The van der Waals surface area contributed by atoms with Crippen molar-refractivity contribution in [3.8, 4) is 0 Å². The van der Waals surface area contributed by atoms with Crippen LogP contribution in [0.1, 0.15) is 0 Å². The van der Waals surface area contributed by atoms with E-state index in [1.54, 1.807) is 0 Å². The number of halogens is 8. The van der Waals surface area contributed by atoms with Gasteiger partial charge in [0.25, 0.3) is 22.8 Å². The molecule has 0 aliphatic rings. The van der Waals surface area contributed by atoms with Crippen LogP contribution in [0, 0.1) is 0 Å². The van der Waals surface area contributed by atoms with Crippen LogP contribution < -0.4 is 0 Å². The number of rotatable bonds is 11. The number of alkyl halides is 6. The van der Waals surface area contributed by atoms with E-state index < -0.39 is 53.5 Å². The van der Waals surface area contributed by atoms with Gasteiger partial charge in [0.15, 0.2) is 0 Å². The Kier molecular flexibility index (Phi) is 9.80. The van der Waals surface area contributed by atoms with Crippen molar-refractivity contribution in [3.63, 3.8) is 0 Å². The molecule has 23 heavy (non-hydrogen) atoms. The molecule has 0 saturated carbocycles. The highest BCUT2D eigenvalue weighted by atomic mass is 127. The van der Waals surface area contributed by atoms with Crippen molar-refractivity contribution >= 4 is 56.1 Å². The van der Waals surface area contributed by atoms with Gasteiger partial charge in [0.1, 0.15) is 57.9 Å². The number of ether oxygens (including phenoxy) is 2. The molecular formula is C7H8F6I2O7S. The van der Waals surface area contributed by atoms with Crippen LogP contribution in [0.4, 0.5) is 26.3 Å². The second-order valence-electron chi connectivity index (χ2n) is 3.73. The lowest BCUT2D eigenvalue weighted by molar-refractivity contribution is -0.347. The van der Waals surface area contributed by atoms with E-state index in [-0.39, 0.29) is 0 Å². The molecule has 0 radical (unpaired) electrons. The summed E-state index contributed by atoms with van der Waals surface area (Å²) in [4.78, 5) is 0. The first-order chi connectivity index (χ1) is 10.2. The van der Waals surface area contributed by atoms with Crippen molar-refractivity contribution in [1.82, 2.24) is 0 Å². The summed E-state index contributed by atoms with van der Waals surface area (Å²) in [7, 11) is -5.00. The summed E-state index contributed by atoms with van der Waals surface area (Å²) in [6, 6.07) is 0.